The van der Waals surface area contributed by atoms with E-state index in [1.807, 2.05) is 18.2 Å². The van der Waals surface area contributed by atoms with Gasteiger partial charge in [0.1, 0.15) is 5.84 Å². The average Bonchev–Trinajstić information content (AvgIpc) is 3.07. The number of fused-ring (bicyclic) bond motifs is 1. The van der Waals surface area contributed by atoms with Gasteiger partial charge in [0.2, 0.25) is 0 Å². The van der Waals surface area contributed by atoms with Crippen LogP contribution in [0.15, 0.2) is 35.4 Å². The molecule has 2 aliphatic heterocycles. The fourth-order valence-electron chi connectivity index (χ4n) is 3.37. The molecule has 6 nitrogen and oxygen atoms in total. The molecule has 0 radical (unpaired) electrons. The Balaban J connectivity index is 1.43. The van der Waals surface area contributed by atoms with Crippen LogP contribution in [-0.4, -0.2) is 56.7 Å². The summed E-state index contributed by atoms with van der Waals surface area (Å²) in [4.78, 5) is 4.42. The molecule has 1 aromatic carbocycles. The minimum atomic E-state index is -4.55. The number of alkyl halides is 3. The predicted octanol–water partition coefficient (Wildman–Crippen LogP) is 2.22. The SMILES string of the molecule is FC(F)(F)c1nnc2n1N=C(N1CCN(Cc3ccccc3)CC1)CC2. The molecule has 1 saturated heterocycles. The Labute approximate surface area is 148 Å². The molecule has 0 bridgehead atoms. The van der Waals surface area contributed by atoms with E-state index in [2.05, 4.69) is 37.2 Å². The first kappa shape index (κ1) is 17.0. The molecule has 138 valence electrons. The van der Waals surface area contributed by atoms with Crippen molar-refractivity contribution in [3.63, 3.8) is 0 Å². The summed E-state index contributed by atoms with van der Waals surface area (Å²) >= 11 is 0. The maximum Gasteiger partial charge on any atom is 0.453 e. The largest absolute Gasteiger partial charge is 0.453 e. The lowest BCUT2D eigenvalue weighted by atomic mass is 10.2. The molecule has 0 amide bonds. The number of nitrogens with zero attached hydrogens (tertiary/aromatic N) is 6. The van der Waals surface area contributed by atoms with E-state index in [4.69, 9.17) is 0 Å². The van der Waals surface area contributed by atoms with Crippen LogP contribution >= 0.6 is 0 Å². The summed E-state index contributed by atoms with van der Waals surface area (Å²) in [6.45, 7) is 4.11. The van der Waals surface area contributed by atoms with Crippen LogP contribution in [0, 0.1) is 0 Å². The van der Waals surface area contributed by atoms with Gasteiger partial charge in [-0.15, -0.1) is 10.2 Å². The Morgan fingerprint density at radius 2 is 1.65 bits per heavy atom. The standard InChI is InChI=1S/C17H19F3N6/c18-17(19,20)16-22-21-14-6-7-15(23-26(14)16)25-10-8-24(9-11-25)12-13-4-2-1-3-5-13/h1-5H,6-12H2. The zero-order valence-electron chi connectivity index (χ0n) is 14.2. The molecule has 1 fully saturated rings. The summed E-state index contributed by atoms with van der Waals surface area (Å²) < 4.78 is 39.9. The number of hydrogen-bond donors (Lipinski definition) is 0. The fourth-order valence-corrected chi connectivity index (χ4v) is 3.37. The highest BCUT2D eigenvalue weighted by atomic mass is 19.4. The monoisotopic (exact) mass is 364 g/mol. The molecule has 0 unspecified atom stereocenters. The van der Waals surface area contributed by atoms with Crippen LogP contribution < -0.4 is 0 Å². The van der Waals surface area contributed by atoms with Gasteiger partial charge in [-0.2, -0.15) is 22.9 Å². The van der Waals surface area contributed by atoms with Gasteiger partial charge in [-0.1, -0.05) is 30.3 Å². The molecule has 0 atom stereocenters. The van der Waals surface area contributed by atoms with Crippen LogP contribution in [0.3, 0.4) is 0 Å². The average molecular weight is 364 g/mol. The van der Waals surface area contributed by atoms with E-state index < -0.39 is 12.0 Å². The topological polar surface area (TPSA) is 49.6 Å². The number of rotatable bonds is 2. The molecule has 4 rings (SSSR count). The molecule has 0 spiro atoms. The van der Waals surface area contributed by atoms with Crippen molar-refractivity contribution in [1.29, 1.82) is 0 Å². The number of hydrogen-bond acceptors (Lipinski definition) is 5. The van der Waals surface area contributed by atoms with Gasteiger partial charge in [-0.25, -0.2) is 0 Å². The second-order valence-electron chi connectivity index (χ2n) is 6.51. The number of aryl methyl sites for hydroxylation is 1. The molecule has 0 aliphatic carbocycles. The Kier molecular flexibility index (Phi) is 4.39. The summed E-state index contributed by atoms with van der Waals surface area (Å²) in [5, 5.41) is 11.1. The lowest BCUT2D eigenvalue weighted by Gasteiger charge is -2.37. The first-order chi connectivity index (χ1) is 12.5. The Hall–Kier alpha value is -2.42. The van der Waals surface area contributed by atoms with Gasteiger partial charge in [0, 0.05) is 45.6 Å². The van der Waals surface area contributed by atoms with E-state index >= 15 is 0 Å². The Morgan fingerprint density at radius 3 is 2.35 bits per heavy atom. The molecule has 9 heteroatoms. The smallest absolute Gasteiger partial charge is 0.356 e. The van der Waals surface area contributed by atoms with E-state index in [9.17, 15) is 13.2 Å². The van der Waals surface area contributed by atoms with Crippen molar-refractivity contribution in [2.75, 3.05) is 26.2 Å². The molecule has 26 heavy (non-hydrogen) atoms. The molecule has 3 heterocycles. The predicted molar refractivity (Wildman–Crippen MR) is 89.5 cm³/mol. The van der Waals surface area contributed by atoms with Gasteiger partial charge in [0.25, 0.3) is 5.82 Å². The third-order valence-corrected chi connectivity index (χ3v) is 4.73. The van der Waals surface area contributed by atoms with Crippen LogP contribution in [0.2, 0.25) is 0 Å². The van der Waals surface area contributed by atoms with E-state index in [1.165, 1.54) is 5.56 Å². The number of piperazine rings is 1. The zero-order chi connectivity index (χ0) is 18.1. The maximum absolute atomic E-state index is 13.0. The lowest BCUT2D eigenvalue weighted by molar-refractivity contribution is -0.147. The first-order valence-electron chi connectivity index (χ1n) is 8.61. The summed E-state index contributed by atoms with van der Waals surface area (Å²) in [6.07, 6.45) is -3.54. The van der Waals surface area contributed by atoms with Crippen molar-refractivity contribution in [2.24, 2.45) is 5.10 Å². The summed E-state index contributed by atoms with van der Waals surface area (Å²) in [6, 6.07) is 10.2. The fraction of sp³-hybridized carbons (Fsp3) is 0.471. The van der Waals surface area contributed by atoms with Crippen LogP contribution in [0.5, 0.6) is 0 Å². The summed E-state index contributed by atoms with van der Waals surface area (Å²) in [5.74, 6) is -0.0987. The van der Waals surface area contributed by atoms with Gasteiger partial charge in [-0.3, -0.25) is 4.90 Å². The van der Waals surface area contributed by atoms with Crippen molar-refractivity contribution in [1.82, 2.24) is 24.7 Å². The first-order valence-corrected chi connectivity index (χ1v) is 8.61. The van der Waals surface area contributed by atoms with E-state index in [-0.39, 0.29) is 5.82 Å². The van der Waals surface area contributed by atoms with Gasteiger partial charge in [-0.05, 0) is 5.56 Å². The third-order valence-electron chi connectivity index (χ3n) is 4.73. The Morgan fingerprint density at radius 1 is 0.923 bits per heavy atom. The number of amidine groups is 1. The maximum atomic E-state index is 13.0. The minimum Gasteiger partial charge on any atom is -0.356 e. The second-order valence-corrected chi connectivity index (χ2v) is 6.51. The molecule has 1 aromatic heterocycles. The minimum absolute atomic E-state index is 0.267. The molecule has 2 aliphatic rings. The van der Waals surface area contributed by atoms with E-state index in [1.54, 1.807) is 0 Å². The highest BCUT2D eigenvalue weighted by molar-refractivity contribution is 5.83. The number of benzene rings is 1. The van der Waals surface area contributed by atoms with Gasteiger partial charge in [0.05, 0.1) is 0 Å². The normalized spacial score (nSPS) is 18.6. The van der Waals surface area contributed by atoms with Crippen LogP contribution in [0.1, 0.15) is 23.6 Å². The summed E-state index contributed by atoms with van der Waals surface area (Å²) in [7, 11) is 0. The quantitative estimate of drug-likeness (QED) is 0.820. The zero-order valence-corrected chi connectivity index (χ0v) is 14.2. The van der Waals surface area contributed by atoms with Crippen molar-refractivity contribution >= 4 is 5.84 Å². The Bertz CT molecular complexity index is 791. The highest BCUT2D eigenvalue weighted by Crippen LogP contribution is 2.29. The van der Waals surface area contributed by atoms with Gasteiger partial charge < -0.3 is 4.90 Å². The van der Waals surface area contributed by atoms with Crippen LogP contribution in [0.4, 0.5) is 13.2 Å². The van der Waals surface area contributed by atoms with Crippen molar-refractivity contribution in [2.45, 2.75) is 25.6 Å². The van der Waals surface area contributed by atoms with Crippen LogP contribution in [-0.2, 0) is 19.1 Å². The van der Waals surface area contributed by atoms with Crippen molar-refractivity contribution in [3.8, 4) is 0 Å². The molecule has 0 N–H and O–H groups in total. The molecule has 0 saturated carbocycles. The van der Waals surface area contributed by atoms with E-state index in [0.29, 0.717) is 18.7 Å². The van der Waals surface area contributed by atoms with Gasteiger partial charge in [0.15, 0.2) is 5.82 Å². The third kappa shape index (κ3) is 3.44. The van der Waals surface area contributed by atoms with Gasteiger partial charge >= 0.3 is 6.18 Å². The lowest BCUT2D eigenvalue weighted by Crippen LogP contribution is -2.49. The highest BCUT2D eigenvalue weighted by Gasteiger charge is 2.40. The van der Waals surface area contributed by atoms with E-state index in [0.717, 1.165) is 37.4 Å². The molecular weight excluding hydrogens is 345 g/mol. The summed E-state index contributed by atoms with van der Waals surface area (Å²) in [5.41, 5.74) is 1.26. The van der Waals surface area contributed by atoms with Crippen molar-refractivity contribution in [3.05, 3.63) is 47.5 Å². The molecule has 2 aromatic rings. The molecular formula is C17H19F3N6. The number of halogens is 3. The second kappa shape index (κ2) is 6.71. The van der Waals surface area contributed by atoms with Crippen LogP contribution in [0.25, 0.3) is 0 Å². The number of aromatic nitrogens is 3. The van der Waals surface area contributed by atoms with Crippen molar-refractivity contribution < 1.29 is 13.2 Å².